The van der Waals surface area contributed by atoms with E-state index >= 15 is 0 Å². The maximum atomic E-state index is 13.1. The van der Waals surface area contributed by atoms with E-state index in [0.29, 0.717) is 30.9 Å². The van der Waals surface area contributed by atoms with Gasteiger partial charge in [0, 0.05) is 44.0 Å². The van der Waals surface area contributed by atoms with Crippen molar-refractivity contribution in [3.05, 3.63) is 89.7 Å². The number of piperazine rings is 1. The number of rotatable bonds is 8. The normalized spacial score (nSPS) is 14.5. The third-order valence-corrected chi connectivity index (χ3v) is 7.21. The molecule has 7 nitrogen and oxygen atoms in total. The Morgan fingerprint density at radius 3 is 2.14 bits per heavy atom. The second-order valence-electron chi connectivity index (χ2n) is 8.28. The molecule has 0 bridgehead atoms. The highest BCUT2D eigenvalue weighted by atomic mass is 32.2. The van der Waals surface area contributed by atoms with Crippen molar-refractivity contribution in [3.63, 3.8) is 0 Å². The zero-order chi connectivity index (χ0) is 24.8. The SMILES string of the molecule is CCOc1ccc(CN2CCN(C(=O)c3ccc(NS(=O)(=O)c4ccc(F)cc4)cc3)CC2)cc1. The number of nitrogens with zero attached hydrogens (tertiary/aromatic N) is 2. The van der Waals surface area contributed by atoms with Crippen molar-refractivity contribution in [1.82, 2.24) is 9.80 Å². The minimum atomic E-state index is -3.85. The van der Waals surface area contributed by atoms with Crippen LogP contribution in [0.15, 0.2) is 77.7 Å². The maximum Gasteiger partial charge on any atom is 0.261 e. The quantitative estimate of drug-likeness (QED) is 0.509. The first-order valence-corrected chi connectivity index (χ1v) is 12.9. The lowest BCUT2D eigenvalue weighted by Crippen LogP contribution is -2.48. The molecule has 35 heavy (non-hydrogen) atoms. The van der Waals surface area contributed by atoms with E-state index in [4.69, 9.17) is 4.74 Å². The summed E-state index contributed by atoms with van der Waals surface area (Å²) in [5, 5.41) is 0. The fourth-order valence-corrected chi connectivity index (χ4v) is 4.97. The van der Waals surface area contributed by atoms with Gasteiger partial charge in [-0.2, -0.15) is 0 Å². The van der Waals surface area contributed by atoms with Crippen molar-refractivity contribution >= 4 is 21.6 Å². The van der Waals surface area contributed by atoms with Gasteiger partial charge in [-0.1, -0.05) is 12.1 Å². The second kappa shape index (κ2) is 10.9. The van der Waals surface area contributed by atoms with Crippen LogP contribution in [0.4, 0.5) is 10.1 Å². The first-order chi connectivity index (χ1) is 16.8. The van der Waals surface area contributed by atoms with Crippen LogP contribution in [0.3, 0.4) is 0 Å². The highest BCUT2D eigenvalue weighted by molar-refractivity contribution is 7.92. The van der Waals surface area contributed by atoms with Crippen LogP contribution in [0.5, 0.6) is 5.75 Å². The van der Waals surface area contributed by atoms with Crippen molar-refractivity contribution in [2.45, 2.75) is 18.4 Å². The minimum Gasteiger partial charge on any atom is -0.494 e. The summed E-state index contributed by atoms with van der Waals surface area (Å²) in [7, 11) is -3.85. The average molecular weight is 498 g/mol. The molecule has 1 heterocycles. The van der Waals surface area contributed by atoms with Crippen LogP contribution in [0.1, 0.15) is 22.8 Å². The third-order valence-electron chi connectivity index (χ3n) is 5.81. The van der Waals surface area contributed by atoms with Gasteiger partial charge in [0.25, 0.3) is 15.9 Å². The monoisotopic (exact) mass is 497 g/mol. The second-order valence-corrected chi connectivity index (χ2v) is 9.96. The van der Waals surface area contributed by atoms with Crippen LogP contribution < -0.4 is 9.46 Å². The van der Waals surface area contributed by atoms with Crippen LogP contribution >= 0.6 is 0 Å². The lowest BCUT2D eigenvalue weighted by Gasteiger charge is -2.34. The van der Waals surface area contributed by atoms with Gasteiger partial charge in [0.1, 0.15) is 11.6 Å². The largest absolute Gasteiger partial charge is 0.494 e. The Kier molecular flexibility index (Phi) is 7.67. The zero-order valence-electron chi connectivity index (χ0n) is 19.5. The molecule has 9 heteroatoms. The molecule has 0 aliphatic carbocycles. The molecule has 3 aromatic carbocycles. The van der Waals surface area contributed by atoms with E-state index in [9.17, 15) is 17.6 Å². The number of carbonyl (C=O) groups excluding carboxylic acids is 1. The van der Waals surface area contributed by atoms with Gasteiger partial charge in [0.2, 0.25) is 0 Å². The van der Waals surface area contributed by atoms with Crippen molar-refractivity contribution < 1.29 is 22.3 Å². The molecule has 3 aromatic rings. The summed E-state index contributed by atoms with van der Waals surface area (Å²) in [5.41, 5.74) is 2.02. The molecule has 0 spiro atoms. The van der Waals surface area contributed by atoms with E-state index in [2.05, 4.69) is 21.8 Å². The van der Waals surface area contributed by atoms with E-state index in [1.165, 1.54) is 17.7 Å². The Bertz CT molecular complexity index is 1240. The Morgan fingerprint density at radius 1 is 0.914 bits per heavy atom. The molecule has 4 rings (SSSR count). The van der Waals surface area contributed by atoms with Crippen molar-refractivity contribution in [3.8, 4) is 5.75 Å². The standard InChI is InChI=1S/C26H28FN3O4S/c1-2-34-24-11-3-20(4-12-24)19-29-15-17-30(18-16-29)26(31)21-5-9-23(10-6-21)28-35(32,33)25-13-7-22(27)8-14-25/h3-14,28H,2,15-19H2,1H3. The summed E-state index contributed by atoms with van der Waals surface area (Å²) in [5.74, 6) is 0.267. The predicted octanol–water partition coefficient (Wildman–Crippen LogP) is 3.98. The highest BCUT2D eigenvalue weighted by Crippen LogP contribution is 2.19. The molecule has 1 amide bonds. The van der Waals surface area contributed by atoms with Crippen LogP contribution in [0.25, 0.3) is 0 Å². The molecule has 1 N–H and O–H groups in total. The van der Waals surface area contributed by atoms with Gasteiger partial charge >= 0.3 is 0 Å². The Labute approximate surface area is 205 Å². The van der Waals surface area contributed by atoms with E-state index in [0.717, 1.165) is 37.5 Å². The van der Waals surface area contributed by atoms with Gasteiger partial charge in [-0.15, -0.1) is 0 Å². The Hall–Kier alpha value is -3.43. The van der Waals surface area contributed by atoms with Crippen LogP contribution in [0, 0.1) is 5.82 Å². The van der Waals surface area contributed by atoms with E-state index < -0.39 is 15.8 Å². The number of halogens is 1. The molecule has 0 aromatic heterocycles. The van der Waals surface area contributed by atoms with Crippen molar-refractivity contribution in [1.29, 1.82) is 0 Å². The summed E-state index contributed by atoms with van der Waals surface area (Å²) in [4.78, 5) is 17.0. The molecular formula is C26H28FN3O4S. The molecule has 1 fully saturated rings. The molecule has 0 saturated carbocycles. The van der Waals surface area contributed by atoms with E-state index in [1.54, 1.807) is 24.3 Å². The lowest BCUT2D eigenvalue weighted by molar-refractivity contribution is 0.0628. The fraction of sp³-hybridized carbons (Fsp3) is 0.269. The first-order valence-electron chi connectivity index (χ1n) is 11.5. The van der Waals surface area contributed by atoms with E-state index in [-0.39, 0.29) is 10.8 Å². The molecule has 1 aliphatic rings. The molecule has 1 saturated heterocycles. The number of nitrogens with one attached hydrogen (secondary N) is 1. The van der Waals surface area contributed by atoms with Gasteiger partial charge < -0.3 is 9.64 Å². The fourth-order valence-electron chi connectivity index (χ4n) is 3.92. The lowest BCUT2D eigenvalue weighted by atomic mass is 10.1. The first kappa shape index (κ1) is 24.7. The van der Waals surface area contributed by atoms with Gasteiger partial charge in [0.05, 0.1) is 11.5 Å². The van der Waals surface area contributed by atoms with Crippen molar-refractivity contribution in [2.75, 3.05) is 37.5 Å². The zero-order valence-corrected chi connectivity index (χ0v) is 20.3. The van der Waals surface area contributed by atoms with Gasteiger partial charge in [-0.25, -0.2) is 12.8 Å². The Morgan fingerprint density at radius 2 is 1.54 bits per heavy atom. The summed E-state index contributed by atoms with van der Waals surface area (Å²) in [6.07, 6.45) is 0. The summed E-state index contributed by atoms with van der Waals surface area (Å²) in [6, 6.07) is 19.0. The van der Waals surface area contributed by atoms with E-state index in [1.807, 2.05) is 24.0 Å². The highest BCUT2D eigenvalue weighted by Gasteiger charge is 2.22. The molecule has 0 atom stereocenters. The number of benzene rings is 3. The molecule has 184 valence electrons. The molecule has 1 aliphatic heterocycles. The van der Waals surface area contributed by atoms with Crippen molar-refractivity contribution in [2.24, 2.45) is 0 Å². The average Bonchev–Trinajstić information content (AvgIpc) is 2.86. The topological polar surface area (TPSA) is 79.0 Å². The van der Waals surface area contributed by atoms with Crippen LogP contribution in [0.2, 0.25) is 0 Å². The number of sulfonamides is 1. The molecule has 0 radical (unpaired) electrons. The third kappa shape index (κ3) is 6.37. The predicted molar refractivity (Wildman–Crippen MR) is 132 cm³/mol. The van der Waals surface area contributed by atoms with Gasteiger partial charge in [-0.3, -0.25) is 14.4 Å². The number of anilines is 1. The summed E-state index contributed by atoms with van der Waals surface area (Å²) < 4.78 is 45.9. The number of hydrogen-bond donors (Lipinski definition) is 1. The number of ether oxygens (including phenoxy) is 1. The molecular weight excluding hydrogens is 469 g/mol. The van der Waals surface area contributed by atoms with Gasteiger partial charge in [0.15, 0.2) is 0 Å². The number of carbonyl (C=O) groups is 1. The smallest absolute Gasteiger partial charge is 0.261 e. The van der Waals surface area contributed by atoms with Crippen LogP contribution in [-0.4, -0.2) is 56.9 Å². The Balaban J connectivity index is 1.30. The molecule has 0 unspecified atom stereocenters. The van der Waals surface area contributed by atoms with Crippen LogP contribution in [-0.2, 0) is 16.6 Å². The summed E-state index contributed by atoms with van der Waals surface area (Å²) in [6.45, 7) is 6.20. The number of amides is 1. The maximum absolute atomic E-state index is 13.1. The summed E-state index contributed by atoms with van der Waals surface area (Å²) >= 11 is 0. The van der Waals surface area contributed by atoms with Gasteiger partial charge in [-0.05, 0) is 73.2 Å². The number of hydrogen-bond acceptors (Lipinski definition) is 5. The minimum absolute atomic E-state index is 0.0397.